The second kappa shape index (κ2) is 10.2. The number of thiazole rings is 1. The third-order valence-electron chi connectivity index (χ3n) is 5.14. The van der Waals surface area contributed by atoms with Crippen LogP contribution in [0.15, 0.2) is 83.6 Å². The molecule has 0 bridgehead atoms. The summed E-state index contributed by atoms with van der Waals surface area (Å²) in [6.45, 7) is 2.05. The van der Waals surface area contributed by atoms with Crippen molar-refractivity contribution in [3.05, 3.63) is 101 Å². The molecule has 5 aromatic rings. The molecule has 35 heavy (non-hydrogen) atoms. The summed E-state index contributed by atoms with van der Waals surface area (Å²) in [7, 11) is 0. The minimum Gasteiger partial charge on any atom is -0.321 e. The molecule has 5 rings (SSSR count). The number of pyridine rings is 1. The number of nitrogens with zero attached hydrogens (tertiary/aromatic N) is 5. The van der Waals surface area contributed by atoms with Gasteiger partial charge in [-0.3, -0.25) is 14.3 Å². The molecule has 10 heteroatoms. The molecule has 7 nitrogen and oxygen atoms in total. The van der Waals surface area contributed by atoms with E-state index in [1.165, 1.54) is 47.4 Å². The Balaban J connectivity index is 1.36. The van der Waals surface area contributed by atoms with Gasteiger partial charge in [0.2, 0.25) is 0 Å². The van der Waals surface area contributed by atoms with Crippen LogP contribution >= 0.6 is 23.1 Å². The van der Waals surface area contributed by atoms with Crippen molar-refractivity contribution in [2.24, 2.45) is 0 Å². The molecule has 0 unspecified atom stereocenters. The zero-order valence-electron chi connectivity index (χ0n) is 18.6. The van der Waals surface area contributed by atoms with E-state index in [0.29, 0.717) is 17.1 Å². The first-order valence-electron chi connectivity index (χ1n) is 10.6. The van der Waals surface area contributed by atoms with Gasteiger partial charge in [-0.2, -0.15) is 0 Å². The molecule has 0 saturated carbocycles. The fourth-order valence-electron chi connectivity index (χ4n) is 3.42. The molecule has 1 N–H and O–H groups in total. The van der Waals surface area contributed by atoms with Crippen LogP contribution in [0, 0.1) is 12.7 Å². The van der Waals surface area contributed by atoms with Crippen LogP contribution in [0.2, 0.25) is 0 Å². The number of carbonyl (C=O) groups is 1. The number of hydrogen-bond acceptors (Lipinski definition) is 7. The molecule has 2 aromatic carbocycles. The first-order chi connectivity index (χ1) is 17.1. The third-order valence-corrected chi connectivity index (χ3v) is 7.11. The lowest BCUT2D eigenvalue weighted by Crippen LogP contribution is -2.12. The largest absolute Gasteiger partial charge is 0.321 e. The lowest BCUT2D eigenvalue weighted by atomic mass is 10.2. The van der Waals surface area contributed by atoms with E-state index in [9.17, 15) is 9.18 Å². The minimum atomic E-state index is -0.360. The van der Waals surface area contributed by atoms with Crippen LogP contribution < -0.4 is 5.32 Å². The molecular formula is C25H19FN6OS2. The highest BCUT2D eigenvalue weighted by Crippen LogP contribution is 2.31. The van der Waals surface area contributed by atoms with Gasteiger partial charge < -0.3 is 5.32 Å². The van der Waals surface area contributed by atoms with Crippen molar-refractivity contribution in [1.82, 2.24) is 24.7 Å². The van der Waals surface area contributed by atoms with Gasteiger partial charge in [-0.1, -0.05) is 30.0 Å². The highest BCUT2D eigenvalue weighted by atomic mass is 32.2. The number of carbonyl (C=O) groups excluding carboxylic acids is 1. The van der Waals surface area contributed by atoms with E-state index in [-0.39, 0.29) is 11.7 Å². The van der Waals surface area contributed by atoms with Gasteiger partial charge in [0.1, 0.15) is 16.5 Å². The molecule has 174 valence electrons. The minimum absolute atomic E-state index is 0.313. The molecule has 0 saturated heterocycles. The quantitative estimate of drug-likeness (QED) is 0.284. The van der Waals surface area contributed by atoms with Crippen LogP contribution in [-0.4, -0.2) is 30.6 Å². The first-order valence-corrected chi connectivity index (χ1v) is 12.5. The van der Waals surface area contributed by atoms with Crippen LogP contribution in [0.25, 0.3) is 17.1 Å². The molecular weight excluding hydrogens is 483 g/mol. The van der Waals surface area contributed by atoms with Crippen LogP contribution in [0.1, 0.15) is 21.1 Å². The summed E-state index contributed by atoms with van der Waals surface area (Å²) in [4.78, 5) is 21.1. The third kappa shape index (κ3) is 5.13. The number of benzene rings is 2. The van der Waals surface area contributed by atoms with E-state index in [1.54, 1.807) is 17.8 Å². The summed E-state index contributed by atoms with van der Waals surface area (Å²) in [6.07, 6.45) is 3.46. The van der Waals surface area contributed by atoms with Gasteiger partial charge in [-0.15, -0.1) is 21.5 Å². The van der Waals surface area contributed by atoms with Crippen LogP contribution in [0.4, 0.5) is 10.1 Å². The molecule has 0 spiro atoms. The number of aromatic nitrogens is 5. The van der Waals surface area contributed by atoms with Gasteiger partial charge in [0.15, 0.2) is 11.0 Å². The van der Waals surface area contributed by atoms with E-state index in [2.05, 4.69) is 25.5 Å². The Morgan fingerprint density at radius 3 is 2.60 bits per heavy atom. The predicted octanol–water partition coefficient (Wildman–Crippen LogP) is 5.78. The molecule has 0 atom stereocenters. The van der Waals surface area contributed by atoms with Crippen LogP contribution in [0.5, 0.6) is 0 Å². The molecule has 1 amide bonds. The van der Waals surface area contributed by atoms with E-state index >= 15 is 0 Å². The average molecular weight is 503 g/mol. The summed E-state index contributed by atoms with van der Waals surface area (Å²) in [6, 6.07) is 17.5. The van der Waals surface area contributed by atoms with Crippen molar-refractivity contribution in [1.29, 1.82) is 0 Å². The Morgan fingerprint density at radius 2 is 1.83 bits per heavy atom. The molecule has 0 aliphatic rings. The number of halogens is 1. The van der Waals surface area contributed by atoms with E-state index in [0.717, 1.165) is 32.8 Å². The first kappa shape index (κ1) is 22.9. The Hall–Kier alpha value is -3.89. The number of amides is 1. The summed E-state index contributed by atoms with van der Waals surface area (Å²) in [5.74, 6) is 0.547. The maximum atomic E-state index is 13.1. The Morgan fingerprint density at radius 1 is 1.06 bits per heavy atom. The lowest BCUT2D eigenvalue weighted by molar-refractivity contribution is 0.102. The zero-order valence-corrected chi connectivity index (χ0v) is 20.2. The smallest absolute Gasteiger partial charge is 0.275 e. The van der Waals surface area contributed by atoms with E-state index in [1.807, 2.05) is 47.9 Å². The number of thioether (sulfide) groups is 1. The lowest BCUT2D eigenvalue weighted by Gasteiger charge is -2.12. The number of aryl methyl sites for hydroxylation is 1. The zero-order chi connectivity index (χ0) is 24.2. The summed E-state index contributed by atoms with van der Waals surface area (Å²) < 4.78 is 15.1. The highest BCUT2D eigenvalue weighted by Gasteiger charge is 2.18. The predicted molar refractivity (Wildman–Crippen MR) is 135 cm³/mol. The van der Waals surface area contributed by atoms with Crippen LogP contribution in [0.3, 0.4) is 0 Å². The molecule has 0 aliphatic heterocycles. The number of rotatable bonds is 7. The Labute approximate surface area is 209 Å². The van der Waals surface area contributed by atoms with Crippen molar-refractivity contribution < 1.29 is 9.18 Å². The Bertz CT molecular complexity index is 1470. The number of para-hydroxylation sites is 1. The number of hydrogen-bond donors (Lipinski definition) is 1. The molecule has 3 heterocycles. The van der Waals surface area contributed by atoms with Gasteiger partial charge >= 0.3 is 0 Å². The van der Waals surface area contributed by atoms with Crippen molar-refractivity contribution >= 4 is 34.7 Å². The van der Waals surface area contributed by atoms with E-state index in [4.69, 9.17) is 0 Å². The SMILES string of the molecule is Cc1ccccc1-n1c(SCc2nc(C(=O)Nc3ccc(F)cc3)cs2)nnc1-c1ccncc1. The monoisotopic (exact) mass is 502 g/mol. The van der Waals surface area contributed by atoms with Gasteiger partial charge in [-0.05, 0) is 55.0 Å². The van der Waals surface area contributed by atoms with Crippen molar-refractivity contribution in [3.8, 4) is 17.1 Å². The molecule has 0 aliphatic carbocycles. The molecule has 0 radical (unpaired) electrons. The van der Waals surface area contributed by atoms with Crippen molar-refractivity contribution in [3.63, 3.8) is 0 Å². The second-order valence-corrected chi connectivity index (χ2v) is 9.43. The summed E-state index contributed by atoms with van der Waals surface area (Å²) in [5, 5.41) is 14.9. The fraction of sp³-hybridized carbons (Fsp3) is 0.0800. The average Bonchev–Trinajstić information content (AvgIpc) is 3.52. The molecule has 0 fully saturated rings. The number of anilines is 1. The summed E-state index contributed by atoms with van der Waals surface area (Å²) in [5.41, 5.74) is 3.82. The number of nitrogens with one attached hydrogen (secondary N) is 1. The maximum absolute atomic E-state index is 13.1. The fourth-order valence-corrected chi connectivity index (χ4v) is 5.16. The normalized spacial score (nSPS) is 10.9. The Kier molecular flexibility index (Phi) is 6.64. The van der Waals surface area contributed by atoms with Crippen molar-refractivity contribution in [2.75, 3.05) is 5.32 Å². The van der Waals surface area contributed by atoms with Gasteiger partial charge in [0.05, 0.1) is 11.4 Å². The van der Waals surface area contributed by atoms with Crippen LogP contribution in [-0.2, 0) is 5.75 Å². The highest BCUT2D eigenvalue weighted by molar-refractivity contribution is 7.98. The van der Waals surface area contributed by atoms with Gasteiger partial charge in [0, 0.05) is 29.0 Å². The van der Waals surface area contributed by atoms with Crippen molar-refractivity contribution in [2.45, 2.75) is 17.8 Å². The topological polar surface area (TPSA) is 85.6 Å². The molecule has 3 aromatic heterocycles. The van der Waals surface area contributed by atoms with Gasteiger partial charge in [-0.25, -0.2) is 9.37 Å². The summed E-state index contributed by atoms with van der Waals surface area (Å²) >= 11 is 2.90. The van der Waals surface area contributed by atoms with Gasteiger partial charge in [0.25, 0.3) is 5.91 Å². The van der Waals surface area contributed by atoms with E-state index < -0.39 is 0 Å². The second-order valence-electron chi connectivity index (χ2n) is 7.54. The standard InChI is InChI=1S/C25H19FN6OS2/c1-16-4-2-3-5-21(16)32-23(17-10-12-27-13-11-17)30-31-25(32)35-15-22-29-20(14-34-22)24(33)28-19-8-6-18(26)7-9-19/h2-14H,15H2,1H3,(H,28,33). The maximum Gasteiger partial charge on any atom is 0.275 e.